The number of thiazole rings is 1. The molecule has 0 saturated carbocycles. The van der Waals surface area contributed by atoms with E-state index in [0.29, 0.717) is 5.92 Å². The van der Waals surface area contributed by atoms with Crippen molar-refractivity contribution >= 4 is 17.0 Å². The third kappa shape index (κ3) is 3.33. The van der Waals surface area contributed by atoms with Crippen molar-refractivity contribution in [1.29, 1.82) is 0 Å². The van der Waals surface area contributed by atoms with Gasteiger partial charge in [0, 0.05) is 36.8 Å². The number of fused-ring (bicyclic) bond motifs is 1. The lowest BCUT2D eigenvalue weighted by atomic mass is 9.94. The summed E-state index contributed by atoms with van der Waals surface area (Å²) in [5.41, 5.74) is 2.75. The average molecular weight is 273 g/mol. The molecule has 2 heterocycles. The van der Waals surface area contributed by atoms with Gasteiger partial charge in [-0.05, 0) is 30.5 Å². The predicted octanol–water partition coefficient (Wildman–Crippen LogP) is 2.56. The fourth-order valence-corrected chi connectivity index (χ4v) is 3.15. The zero-order chi connectivity index (χ0) is 12.9. The minimum Gasteiger partial charge on any atom is -0.384 e. The fourth-order valence-electron chi connectivity index (χ4n) is 2.53. The summed E-state index contributed by atoms with van der Waals surface area (Å²) in [6.07, 6.45) is 4.09. The van der Waals surface area contributed by atoms with Gasteiger partial charge in [0.25, 0.3) is 0 Å². The first-order valence-corrected chi connectivity index (χ1v) is 7.70. The van der Waals surface area contributed by atoms with Crippen LogP contribution in [0.25, 0.3) is 0 Å². The minimum absolute atomic E-state index is 0.686. The topological polar surface area (TPSA) is 37.0 Å². The Labute approximate surface area is 118 Å². The van der Waals surface area contributed by atoms with E-state index in [4.69, 9.17) is 0 Å². The van der Waals surface area contributed by atoms with E-state index in [1.165, 1.54) is 22.7 Å². The Hall–Kier alpha value is -1.39. The maximum absolute atomic E-state index is 4.30. The molecule has 0 amide bonds. The second-order valence-corrected chi connectivity index (χ2v) is 5.97. The lowest BCUT2D eigenvalue weighted by Gasteiger charge is -2.26. The summed E-state index contributed by atoms with van der Waals surface area (Å²) < 4.78 is 0. The highest BCUT2D eigenvalue weighted by molar-refractivity contribution is 7.09. The number of hydrogen-bond donors (Lipinski definition) is 2. The number of benzene rings is 1. The van der Waals surface area contributed by atoms with Crippen LogP contribution in [0.2, 0.25) is 0 Å². The van der Waals surface area contributed by atoms with Gasteiger partial charge < -0.3 is 10.6 Å². The number of rotatable bonds is 5. The number of para-hydroxylation sites is 1. The van der Waals surface area contributed by atoms with Crippen LogP contribution in [0.1, 0.15) is 10.6 Å². The van der Waals surface area contributed by atoms with Crippen LogP contribution >= 0.6 is 11.3 Å². The molecule has 1 aliphatic heterocycles. The van der Waals surface area contributed by atoms with E-state index in [1.54, 1.807) is 11.3 Å². The van der Waals surface area contributed by atoms with Gasteiger partial charge >= 0.3 is 0 Å². The van der Waals surface area contributed by atoms with E-state index in [9.17, 15) is 0 Å². The Bertz CT molecular complexity index is 510. The molecule has 0 radical (unpaired) electrons. The van der Waals surface area contributed by atoms with Gasteiger partial charge in [-0.1, -0.05) is 18.2 Å². The van der Waals surface area contributed by atoms with Crippen molar-refractivity contribution in [2.24, 2.45) is 5.92 Å². The van der Waals surface area contributed by atoms with Gasteiger partial charge in [0.1, 0.15) is 0 Å². The van der Waals surface area contributed by atoms with Crippen molar-refractivity contribution in [3.05, 3.63) is 46.4 Å². The van der Waals surface area contributed by atoms with Gasteiger partial charge in [-0.25, -0.2) is 4.98 Å². The van der Waals surface area contributed by atoms with Crippen molar-refractivity contribution in [3.8, 4) is 0 Å². The molecule has 3 rings (SSSR count). The Morgan fingerprint density at radius 3 is 3.21 bits per heavy atom. The molecule has 0 bridgehead atoms. The first kappa shape index (κ1) is 12.6. The summed E-state index contributed by atoms with van der Waals surface area (Å²) in [5.74, 6) is 0.686. The Morgan fingerprint density at radius 2 is 2.32 bits per heavy atom. The second kappa shape index (κ2) is 6.17. The Morgan fingerprint density at radius 1 is 1.37 bits per heavy atom. The highest BCUT2D eigenvalue weighted by atomic mass is 32.1. The third-order valence-electron chi connectivity index (χ3n) is 3.54. The van der Waals surface area contributed by atoms with E-state index in [-0.39, 0.29) is 0 Å². The van der Waals surface area contributed by atoms with Crippen molar-refractivity contribution in [2.75, 3.05) is 25.0 Å². The summed E-state index contributed by atoms with van der Waals surface area (Å²) in [7, 11) is 0. The lowest BCUT2D eigenvalue weighted by Crippen LogP contribution is -2.33. The highest BCUT2D eigenvalue weighted by Crippen LogP contribution is 2.23. The molecule has 1 aliphatic rings. The smallest absolute Gasteiger partial charge is 0.0937 e. The monoisotopic (exact) mass is 273 g/mol. The predicted molar refractivity (Wildman–Crippen MR) is 80.8 cm³/mol. The summed E-state index contributed by atoms with van der Waals surface area (Å²) in [5, 5.41) is 10.3. The molecule has 1 atom stereocenters. The van der Waals surface area contributed by atoms with E-state index in [2.05, 4.69) is 39.9 Å². The molecule has 0 spiro atoms. The van der Waals surface area contributed by atoms with Gasteiger partial charge in [-0.15, -0.1) is 11.3 Å². The molecule has 2 aromatic rings. The zero-order valence-electron chi connectivity index (χ0n) is 10.9. The molecule has 3 nitrogen and oxygen atoms in total. The molecule has 1 aromatic heterocycles. The van der Waals surface area contributed by atoms with Gasteiger partial charge in [0.05, 0.1) is 5.01 Å². The van der Waals surface area contributed by atoms with Crippen molar-refractivity contribution < 1.29 is 0 Å². The molecule has 1 unspecified atom stereocenters. The van der Waals surface area contributed by atoms with Crippen molar-refractivity contribution in [3.63, 3.8) is 0 Å². The molecule has 100 valence electrons. The molecule has 19 heavy (non-hydrogen) atoms. The molecule has 0 saturated heterocycles. The van der Waals surface area contributed by atoms with Gasteiger partial charge in [0.15, 0.2) is 0 Å². The summed E-state index contributed by atoms with van der Waals surface area (Å²) in [6, 6.07) is 8.61. The van der Waals surface area contributed by atoms with Crippen LogP contribution in [0.4, 0.5) is 5.69 Å². The van der Waals surface area contributed by atoms with Crippen LogP contribution < -0.4 is 10.6 Å². The molecule has 1 aromatic carbocycles. The maximum Gasteiger partial charge on any atom is 0.0937 e. The average Bonchev–Trinajstić information content (AvgIpc) is 2.97. The van der Waals surface area contributed by atoms with Crippen LogP contribution in [0, 0.1) is 5.92 Å². The SMILES string of the molecule is c1ccc2c(c1)CC(CNCCc1nccs1)CN2. The summed E-state index contributed by atoms with van der Waals surface area (Å²) in [4.78, 5) is 4.30. The standard InChI is InChI=1S/C15H19N3S/c1-2-4-14-13(3-1)9-12(11-18-14)10-16-6-5-15-17-7-8-19-15/h1-4,7-8,12,16,18H,5-6,9-11H2. The molecular weight excluding hydrogens is 254 g/mol. The van der Waals surface area contributed by atoms with Crippen LogP contribution in [0.3, 0.4) is 0 Å². The van der Waals surface area contributed by atoms with Crippen LogP contribution in [-0.2, 0) is 12.8 Å². The zero-order valence-corrected chi connectivity index (χ0v) is 11.7. The normalized spacial score (nSPS) is 17.8. The molecule has 4 heteroatoms. The minimum atomic E-state index is 0.686. The van der Waals surface area contributed by atoms with E-state index in [1.807, 2.05) is 11.6 Å². The quantitative estimate of drug-likeness (QED) is 0.822. The molecule has 2 N–H and O–H groups in total. The van der Waals surface area contributed by atoms with Gasteiger partial charge in [-0.2, -0.15) is 0 Å². The van der Waals surface area contributed by atoms with Crippen LogP contribution in [0.5, 0.6) is 0 Å². The third-order valence-corrected chi connectivity index (χ3v) is 4.38. The number of nitrogens with one attached hydrogen (secondary N) is 2. The van der Waals surface area contributed by atoms with Gasteiger partial charge in [-0.3, -0.25) is 0 Å². The van der Waals surface area contributed by atoms with Crippen molar-refractivity contribution in [2.45, 2.75) is 12.8 Å². The first-order chi connectivity index (χ1) is 9.42. The number of anilines is 1. The molecule has 0 aliphatic carbocycles. The van der Waals surface area contributed by atoms with Crippen molar-refractivity contribution in [1.82, 2.24) is 10.3 Å². The van der Waals surface area contributed by atoms with E-state index >= 15 is 0 Å². The van der Waals surface area contributed by atoms with Crippen LogP contribution in [-0.4, -0.2) is 24.6 Å². The van der Waals surface area contributed by atoms with Crippen LogP contribution in [0.15, 0.2) is 35.8 Å². The maximum atomic E-state index is 4.30. The first-order valence-electron chi connectivity index (χ1n) is 6.82. The largest absolute Gasteiger partial charge is 0.384 e. The molecular formula is C15H19N3S. The van der Waals surface area contributed by atoms with Gasteiger partial charge in [0.2, 0.25) is 0 Å². The number of aromatic nitrogens is 1. The number of hydrogen-bond acceptors (Lipinski definition) is 4. The second-order valence-electron chi connectivity index (χ2n) is 4.99. The summed E-state index contributed by atoms with van der Waals surface area (Å²) in [6.45, 7) is 3.17. The lowest BCUT2D eigenvalue weighted by molar-refractivity contribution is 0.485. The van der Waals surface area contributed by atoms with E-state index in [0.717, 1.165) is 26.1 Å². The Kier molecular flexibility index (Phi) is 4.10. The van der Waals surface area contributed by atoms with E-state index < -0.39 is 0 Å². The number of nitrogens with zero attached hydrogens (tertiary/aromatic N) is 1. The molecule has 0 fully saturated rings. The fraction of sp³-hybridized carbons (Fsp3) is 0.400. The highest BCUT2D eigenvalue weighted by Gasteiger charge is 2.16. The Balaban J connectivity index is 1.42. The summed E-state index contributed by atoms with van der Waals surface area (Å²) >= 11 is 1.74.